The van der Waals surface area contributed by atoms with Gasteiger partial charge in [-0.3, -0.25) is 0 Å². The Kier molecular flexibility index (Phi) is 4.66. The molecule has 0 radical (unpaired) electrons. The van der Waals surface area contributed by atoms with Gasteiger partial charge in [-0.05, 0) is 49.2 Å². The van der Waals surface area contributed by atoms with Gasteiger partial charge in [0.1, 0.15) is 11.5 Å². The van der Waals surface area contributed by atoms with Gasteiger partial charge in [0.05, 0.1) is 6.61 Å². The second kappa shape index (κ2) is 6.07. The summed E-state index contributed by atoms with van der Waals surface area (Å²) in [4.78, 5) is 0. The first-order valence-electron chi connectivity index (χ1n) is 5.85. The van der Waals surface area contributed by atoms with Crippen molar-refractivity contribution in [3.8, 4) is 11.5 Å². The fraction of sp³-hybridized carbons (Fsp3) is 0.200. The van der Waals surface area contributed by atoms with Gasteiger partial charge in [-0.25, -0.2) is 0 Å². The zero-order valence-electron chi connectivity index (χ0n) is 10.7. The van der Waals surface area contributed by atoms with Gasteiger partial charge in [0, 0.05) is 14.5 Å². The van der Waals surface area contributed by atoms with Crippen LogP contribution in [0.15, 0.2) is 39.3 Å². The topological polar surface area (TPSA) is 29.5 Å². The Bertz CT molecular complexity index is 586. The number of hydrogen-bond donors (Lipinski definition) is 1. The molecule has 0 bridgehead atoms. The van der Waals surface area contributed by atoms with E-state index in [1.165, 1.54) is 0 Å². The van der Waals surface area contributed by atoms with Crippen LogP contribution in [-0.4, -0.2) is 5.11 Å². The molecule has 4 heteroatoms. The van der Waals surface area contributed by atoms with Crippen molar-refractivity contribution >= 4 is 31.9 Å². The van der Waals surface area contributed by atoms with Gasteiger partial charge in [0.15, 0.2) is 0 Å². The third-order valence-electron chi connectivity index (χ3n) is 2.84. The first-order valence-corrected chi connectivity index (χ1v) is 7.43. The van der Waals surface area contributed by atoms with Crippen LogP contribution in [0.25, 0.3) is 0 Å². The van der Waals surface area contributed by atoms with Gasteiger partial charge in [0.25, 0.3) is 0 Å². The minimum Gasteiger partial charge on any atom is -0.457 e. The molecule has 2 rings (SSSR count). The lowest BCUT2D eigenvalue weighted by molar-refractivity contribution is 0.276. The van der Waals surface area contributed by atoms with E-state index < -0.39 is 0 Å². The Labute approximate surface area is 129 Å². The summed E-state index contributed by atoms with van der Waals surface area (Å²) in [6.45, 7) is 4.01. The van der Waals surface area contributed by atoms with E-state index in [0.29, 0.717) is 5.75 Å². The maximum Gasteiger partial charge on any atom is 0.134 e. The smallest absolute Gasteiger partial charge is 0.134 e. The van der Waals surface area contributed by atoms with Crippen LogP contribution in [0.4, 0.5) is 0 Å². The van der Waals surface area contributed by atoms with Gasteiger partial charge in [-0.1, -0.05) is 37.9 Å². The fourth-order valence-corrected chi connectivity index (χ4v) is 2.42. The molecule has 0 heterocycles. The molecule has 2 aromatic rings. The fourth-order valence-electron chi connectivity index (χ4n) is 1.85. The summed E-state index contributed by atoms with van der Waals surface area (Å²) in [6.07, 6.45) is 0. The maximum atomic E-state index is 9.34. The molecule has 0 aliphatic rings. The lowest BCUT2D eigenvalue weighted by Gasteiger charge is -2.12. The Morgan fingerprint density at radius 2 is 1.68 bits per heavy atom. The van der Waals surface area contributed by atoms with E-state index >= 15 is 0 Å². The third kappa shape index (κ3) is 3.38. The van der Waals surface area contributed by atoms with Crippen LogP contribution in [0.5, 0.6) is 11.5 Å². The number of halogens is 2. The van der Waals surface area contributed by atoms with Gasteiger partial charge in [0.2, 0.25) is 0 Å². The van der Waals surface area contributed by atoms with Crippen molar-refractivity contribution < 1.29 is 9.84 Å². The summed E-state index contributed by atoms with van der Waals surface area (Å²) in [6, 6.07) is 9.53. The highest BCUT2D eigenvalue weighted by Gasteiger charge is 2.08. The number of hydrogen-bond acceptors (Lipinski definition) is 2. The molecule has 0 aliphatic heterocycles. The lowest BCUT2D eigenvalue weighted by atomic mass is 10.1. The lowest BCUT2D eigenvalue weighted by Crippen LogP contribution is -1.93. The zero-order chi connectivity index (χ0) is 14.0. The molecular formula is C15H14Br2O2. The zero-order valence-corrected chi connectivity index (χ0v) is 13.9. The van der Waals surface area contributed by atoms with Crippen molar-refractivity contribution in [2.24, 2.45) is 0 Å². The van der Waals surface area contributed by atoms with Crippen LogP contribution in [-0.2, 0) is 6.61 Å². The van der Waals surface area contributed by atoms with Gasteiger partial charge < -0.3 is 9.84 Å². The highest BCUT2D eigenvalue weighted by atomic mass is 79.9. The number of aliphatic hydroxyl groups is 1. The minimum absolute atomic E-state index is 0.0445. The Hall–Kier alpha value is -0.840. The molecule has 0 spiro atoms. The monoisotopic (exact) mass is 384 g/mol. The summed E-state index contributed by atoms with van der Waals surface area (Å²) in [5, 5.41) is 9.34. The van der Waals surface area contributed by atoms with E-state index in [4.69, 9.17) is 4.74 Å². The molecule has 1 N–H and O–H groups in total. The molecule has 0 amide bonds. The molecule has 0 atom stereocenters. The van der Waals surface area contributed by atoms with Crippen molar-refractivity contribution in [3.63, 3.8) is 0 Å². The minimum atomic E-state index is -0.0445. The number of ether oxygens (including phenoxy) is 1. The molecule has 0 aromatic heterocycles. The Morgan fingerprint density at radius 1 is 1.05 bits per heavy atom. The number of rotatable bonds is 3. The normalized spacial score (nSPS) is 10.6. The van der Waals surface area contributed by atoms with Crippen LogP contribution in [0, 0.1) is 13.8 Å². The van der Waals surface area contributed by atoms with Gasteiger partial charge >= 0.3 is 0 Å². The van der Waals surface area contributed by atoms with Crippen molar-refractivity contribution in [2.75, 3.05) is 0 Å². The molecule has 2 nitrogen and oxygen atoms in total. The quantitative estimate of drug-likeness (QED) is 0.795. The van der Waals surface area contributed by atoms with Crippen LogP contribution < -0.4 is 4.74 Å². The molecule has 0 saturated carbocycles. The maximum absolute atomic E-state index is 9.34. The largest absolute Gasteiger partial charge is 0.457 e. The van der Waals surface area contributed by atoms with E-state index in [0.717, 1.165) is 31.4 Å². The summed E-state index contributed by atoms with van der Waals surface area (Å²) in [5.41, 5.74) is 3.01. The van der Waals surface area contributed by atoms with Crippen LogP contribution in [0.1, 0.15) is 16.7 Å². The molecule has 2 aromatic carbocycles. The van der Waals surface area contributed by atoms with Crippen molar-refractivity contribution in [2.45, 2.75) is 20.5 Å². The highest BCUT2D eigenvalue weighted by Crippen LogP contribution is 2.32. The second-order valence-electron chi connectivity index (χ2n) is 4.38. The molecule has 0 aliphatic carbocycles. The van der Waals surface area contributed by atoms with E-state index in [9.17, 15) is 5.11 Å². The third-order valence-corrected chi connectivity index (χ3v) is 4.58. The SMILES string of the molecule is Cc1cc(Oc2cc(Br)ccc2CO)cc(C)c1Br. The van der Waals surface area contributed by atoms with Gasteiger partial charge in [-0.15, -0.1) is 0 Å². The molecule has 0 unspecified atom stereocenters. The van der Waals surface area contributed by atoms with E-state index in [1.54, 1.807) is 0 Å². The highest BCUT2D eigenvalue weighted by molar-refractivity contribution is 9.10. The molecule has 19 heavy (non-hydrogen) atoms. The number of aliphatic hydroxyl groups excluding tert-OH is 1. The van der Waals surface area contributed by atoms with Crippen LogP contribution in [0.3, 0.4) is 0 Å². The molecule has 0 saturated heterocycles. The molecule has 100 valence electrons. The van der Waals surface area contributed by atoms with Crippen molar-refractivity contribution in [3.05, 3.63) is 56.0 Å². The van der Waals surface area contributed by atoms with Crippen molar-refractivity contribution in [1.29, 1.82) is 0 Å². The predicted octanol–water partition coefficient (Wildman–Crippen LogP) is 5.11. The number of benzene rings is 2. The summed E-state index contributed by atoms with van der Waals surface area (Å²) in [7, 11) is 0. The Morgan fingerprint density at radius 3 is 2.26 bits per heavy atom. The van der Waals surface area contributed by atoms with E-state index in [1.807, 2.05) is 44.2 Å². The molecule has 0 fully saturated rings. The number of aryl methyl sites for hydroxylation is 2. The van der Waals surface area contributed by atoms with Crippen LogP contribution >= 0.6 is 31.9 Å². The average Bonchev–Trinajstić information content (AvgIpc) is 2.36. The first-order chi connectivity index (χ1) is 9.01. The Balaban J connectivity index is 2.38. The average molecular weight is 386 g/mol. The predicted molar refractivity (Wildman–Crippen MR) is 83.8 cm³/mol. The van der Waals surface area contributed by atoms with Crippen LogP contribution in [0.2, 0.25) is 0 Å². The standard InChI is InChI=1S/C15H14Br2O2/c1-9-5-13(6-10(2)15(9)17)19-14-7-12(16)4-3-11(14)8-18/h3-7,18H,8H2,1-2H3. The molecular weight excluding hydrogens is 372 g/mol. The van der Waals surface area contributed by atoms with E-state index in [2.05, 4.69) is 31.9 Å². The summed E-state index contributed by atoms with van der Waals surface area (Å²) in [5.74, 6) is 1.43. The van der Waals surface area contributed by atoms with Gasteiger partial charge in [-0.2, -0.15) is 0 Å². The second-order valence-corrected chi connectivity index (χ2v) is 6.09. The van der Waals surface area contributed by atoms with E-state index in [-0.39, 0.29) is 6.61 Å². The summed E-state index contributed by atoms with van der Waals surface area (Å²) < 4.78 is 7.90. The first kappa shape index (κ1) is 14.6. The van der Waals surface area contributed by atoms with Crippen molar-refractivity contribution in [1.82, 2.24) is 0 Å². The summed E-state index contributed by atoms with van der Waals surface area (Å²) >= 11 is 6.95.